The maximum atomic E-state index is 5.27. The highest BCUT2D eigenvalue weighted by molar-refractivity contribution is 14.0. The van der Waals surface area contributed by atoms with Crippen molar-refractivity contribution in [1.82, 2.24) is 20.8 Å². The van der Waals surface area contributed by atoms with E-state index in [-0.39, 0.29) is 24.0 Å². The van der Waals surface area contributed by atoms with Crippen LogP contribution in [0.4, 0.5) is 0 Å². The second-order valence-corrected chi connectivity index (χ2v) is 5.96. The van der Waals surface area contributed by atoms with Gasteiger partial charge in [0.05, 0.1) is 6.54 Å². The minimum absolute atomic E-state index is 0. The first-order chi connectivity index (χ1) is 10.7. The van der Waals surface area contributed by atoms with Crippen LogP contribution < -0.4 is 10.6 Å². The van der Waals surface area contributed by atoms with E-state index < -0.39 is 0 Å². The molecule has 1 aliphatic carbocycles. The fraction of sp³-hybridized carbons (Fsp3) is 0.800. The predicted molar refractivity (Wildman–Crippen MR) is 100 cm³/mol. The van der Waals surface area contributed by atoms with Crippen molar-refractivity contribution >= 4 is 29.9 Å². The van der Waals surface area contributed by atoms with E-state index in [1.165, 1.54) is 25.7 Å². The molecule has 1 heterocycles. The van der Waals surface area contributed by atoms with E-state index in [2.05, 4.69) is 25.8 Å². The lowest BCUT2D eigenvalue weighted by atomic mass is 9.83. The van der Waals surface area contributed by atoms with E-state index in [9.17, 15) is 0 Å². The highest BCUT2D eigenvalue weighted by Gasteiger charge is 2.33. The van der Waals surface area contributed by atoms with Gasteiger partial charge in [-0.05, 0) is 24.7 Å². The summed E-state index contributed by atoms with van der Waals surface area (Å²) in [5.41, 5.74) is 0.330. The number of aryl methyl sites for hydroxylation is 1. The molecule has 0 saturated heterocycles. The smallest absolute Gasteiger partial charge is 0.223 e. The van der Waals surface area contributed by atoms with Crippen molar-refractivity contribution in [3.05, 3.63) is 11.7 Å². The second kappa shape index (κ2) is 10.1. The molecule has 1 fully saturated rings. The molecule has 1 saturated carbocycles. The van der Waals surface area contributed by atoms with E-state index >= 15 is 0 Å². The topological polar surface area (TPSA) is 84.6 Å². The fourth-order valence-corrected chi connectivity index (χ4v) is 3.03. The highest BCUT2D eigenvalue weighted by atomic mass is 127. The lowest BCUT2D eigenvalue weighted by Crippen LogP contribution is -2.43. The molecule has 0 aromatic carbocycles. The van der Waals surface area contributed by atoms with Crippen LogP contribution in [0.25, 0.3) is 0 Å². The van der Waals surface area contributed by atoms with Gasteiger partial charge in [-0.15, -0.1) is 24.0 Å². The van der Waals surface area contributed by atoms with Crippen LogP contribution in [0.1, 0.15) is 43.8 Å². The maximum absolute atomic E-state index is 5.27. The fourth-order valence-electron chi connectivity index (χ4n) is 3.03. The number of rotatable bonds is 7. The van der Waals surface area contributed by atoms with Gasteiger partial charge in [0.15, 0.2) is 11.8 Å². The molecule has 0 bridgehead atoms. The van der Waals surface area contributed by atoms with E-state index in [0.717, 1.165) is 25.5 Å². The third-order valence-electron chi connectivity index (χ3n) is 4.34. The summed E-state index contributed by atoms with van der Waals surface area (Å²) in [6.07, 6.45) is 6.21. The number of hydrogen-bond acceptors (Lipinski definition) is 5. The van der Waals surface area contributed by atoms with Crippen molar-refractivity contribution in [2.75, 3.05) is 27.3 Å². The third kappa shape index (κ3) is 6.25. The standard InChI is InChI=1S/C15H27N5O2.HI/c1-12-19-13(20-22-12)10-17-14(16-2)18-11-15(8-9-21-3)6-4-5-7-15;/h4-11H2,1-3H3,(H2,16,17,18);1H. The summed E-state index contributed by atoms with van der Waals surface area (Å²) >= 11 is 0. The quantitative estimate of drug-likeness (QED) is 0.387. The second-order valence-electron chi connectivity index (χ2n) is 5.96. The van der Waals surface area contributed by atoms with Gasteiger partial charge in [0, 0.05) is 34.2 Å². The average molecular weight is 437 g/mol. The summed E-state index contributed by atoms with van der Waals surface area (Å²) in [5, 5.41) is 10.5. The van der Waals surface area contributed by atoms with Crippen molar-refractivity contribution < 1.29 is 9.26 Å². The van der Waals surface area contributed by atoms with Gasteiger partial charge in [-0.25, -0.2) is 0 Å². The zero-order valence-electron chi connectivity index (χ0n) is 14.2. The molecule has 8 heteroatoms. The highest BCUT2D eigenvalue weighted by Crippen LogP contribution is 2.40. The first kappa shape index (κ1) is 20.1. The van der Waals surface area contributed by atoms with Crippen molar-refractivity contribution in [3.63, 3.8) is 0 Å². The molecule has 0 unspecified atom stereocenters. The molecular weight excluding hydrogens is 409 g/mol. The van der Waals surface area contributed by atoms with Crippen LogP contribution >= 0.6 is 24.0 Å². The Morgan fingerprint density at radius 3 is 2.65 bits per heavy atom. The molecule has 1 aliphatic rings. The monoisotopic (exact) mass is 437 g/mol. The molecule has 2 N–H and O–H groups in total. The number of nitrogens with zero attached hydrogens (tertiary/aromatic N) is 3. The van der Waals surface area contributed by atoms with Crippen LogP contribution in [-0.4, -0.2) is 43.4 Å². The molecule has 0 amide bonds. The van der Waals surface area contributed by atoms with Gasteiger partial charge in [0.2, 0.25) is 5.89 Å². The lowest BCUT2D eigenvalue weighted by molar-refractivity contribution is 0.138. The summed E-state index contributed by atoms with van der Waals surface area (Å²) in [4.78, 5) is 8.43. The van der Waals surface area contributed by atoms with Gasteiger partial charge in [0.25, 0.3) is 0 Å². The Kier molecular flexibility index (Phi) is 8.82. The number of aliphatic imine (C=N–C) groups is 1. The molecule has 0 radical (unpaired) electrons. The van der Waals surface area contributed by atoms with Crippen LogP contribution in [0, 0.1) is 12.3 Å². The summed E-state index contributed by atoms with van der Waals surface area (Å²) < 4.78 is 10.2. The Morgan fingerprint density at radius 2 is 2.09 bits per heavy atom. The molecule has 0 spiro atoms. The van der Waals surface area contributed by atoms with Crippen LogP contribution in [0.2, 0.25) is 0 Å². The molecule has 0 aliphatic heterocycles. The van der Waals surface area contributed by atoms with Gasteiger partial charge in [-0.3, -0.25) is 4.99 Å². The zero-order chi connectivity index (χ0) is 15.8. The SMILES string of the molecule is CN=C(NCc1noc(C)n1)NCC1(CCOC)CCCC1.I. The Bertz CT molecular complexity index is 486. The van der Waals surface area contributed by atoms with Gasteiger partial charge in [-0.2, -0.15) is 4.98 Å². The molecule has 1 aromatic rings. The Morgan fingerprint density at radius 1 is 1.35 bits per heavy atom. The number of hydrogen-bond donors (Lipinski definition) is 2. The van der Waals surface area contributed by atoms with Gasteiger partial charge < -0.3 is 19.9 Å². The normalized spacial score (nSPS) is 16.9. The van der Waals surface area contributed by atoms with Crippen LogP contribution in [-0.2, 0) is 11.3 Å². The van der Waals surface area contributed by atoms with E-state index in [4.69, 9.17) is 9.26 Å². The van der Waals surface area contributed by atoms with Gasteiger partial charge in [0.1, 0.15) is 0 Å². The predicted octanol–water partition coefficient (Wildman–Crippen LogP) is 2.26. The number of aromatic nitrogens is 2. The first-order valence-electron chi connectivity index (χ1n) is 7.90. The molecule has 0 atom stereocenters. The molecular formula is C15H28IN5O2. The molecule has 1 aromatic heterocycles. The lowest BCUT2D eigenvalue weighted by Gasteiger charge is -2.29. The van der Waals surface area contributed by atoms with Crippen LogP contribution in [0.3, 0.4) is 0 Å². The molecule has 132 valence electrons. The van der Waals surface area contributed by atoms with Gasteiger partial charge >= 0.3 is 0 Å². The summed E-state index contributed by atoms with van der Waals surface area (Å²) in [5.74, 6) is 1.98. The number of ether oxygens (including phenoxy) is 1. The number of guanidine groups is 1. The number of nitrogens with one attached hydrogen (secondary N) is 2. The van der Waals surface area contributed by atoms with E-state index in [1.54, 1.807) is 21.1 Å². The number of halogens is 1. The van der Waals surface area contributed by atoms with E-state index in [1.807, 2.05) is 0 Å². The van der Waals surface area contributed by atoms with Crippen LogP contribution in [0.15, 0.2) is 9.52 Å². The Labute approximate surface area is 155 Å². The summed E-state index contributed by atoms with van der Waals surface area (Å²) in [6, 6.07) is 0. The van der Waals surface area contributed by atoms with Crippen molar-refractivity contribution in [1.29, 1.82) is 0 Å². The van der Waals surface area contributed by atoms with Crippen molar-refractivity contribution in [2.24, 2.45) is 10.4 Å². The average Bonchev–Trinajstić information content (AvgIpc) is 3.15. The van der Waals surface area contributed by atoms with Gasteiger partial charge in [-0.1, -0.05) is 18.0 Å². The minimum Gasteiger partial charge on any atom is -0.385 e. The van der Waals surface area contributed by atoms with Crippen LogP contribution in [0.5, 0.6) is 0 Å². The van der Waals surface area contributed by atoms with E-state index in [0.29, 0.717) is 23.7 Å². The molecule has 2 rings (SSSR count). The molecule has 23 heavy (non-hydrogen) atoms. The zero-order valence-corrected chi connectivity index (χ0v) is 16.6. The minimum atomic E-state index is 0. The largest absolute Gasteiger partial charge is 0.385 e. The first-order valence-corrected chi connectivity index (χ1v) is 7.90. The Hall–Kier alpha value is -0.900. The third-order valence-corrected chi connectivity index (χ3v) is 4.34. The molecule has 7 nitrogen and oxygen atoms in total. The Balaban J connectivity index is 0.00000264. The number of methoxy groups -OCH3 is 1. The van der Waals surface area contributed by atoms with Crippen molar-refractivity contribution in [3.8, 4) is 0 Å². The van der Waals surface area contributed by atoms with Crippen molar-refractivity contribution in [2.45, 2.75) is 45.6 Å². The summed E-state index contributed by atoms with van der Waals surface area (Å²) in [6.45, 7) is 4.02. The summed E-state index contributed by atoms with van der Waals surface area (Å²) in [7, 11) is 3.54. The maximum Gasteiger partial charge on any atom is 0.223 e.